The van der Waals surface area contributed by atoms with Crippen LogP contribution in [0.1, 0.15) is 33.5 Å². The SMILES string of the molecule is CC1(C)OB(c2ccc3[nH]c(C(F)(F)F)nc3c2)OC1(C)C. The van der Waals surface area contributed by atoms with Crippen LogP contribution in [0, 0.1) is 0 Å². The molecular weight excluding hydrogens is 296 g/mol. The third kappa shape index (κ3) is 2.40. The van der Waals surface area contributed by atoms with Crippen LogP contribution in [-0.4, -0.2) is 28.3 Å². The van der Waals surface area contributed by atoms with E-state index >= 15 is 0 Å². The molecule has 8 heteroatoms. The lowest BCUT2D eigenvalue weighted by atomic mass is 9.79. The lowest BCUT2D eigenvalue weighted by Crippen LogP contribution is -2.41. The summed E-state index contributed by atoms with van der Waals surface area (Å²) in [6, 6.07) is 4.80. The van der Waals surface area contributed by atoms with Crippen molar-refractivity contribution in [2.24, 2.45) is 0 Å². The highest BCUT2D eigenvalue weighted by molar-refractivity contribution is 6.62. The fraction of sp³-hybridized carbons (Fsp3) is 0.500. The van der Waals surface area contributed by atoms with Gasteiger partial charge in [0.2, 0.25) is 5.82 Å². The zero-order valence-electron chi connectivity index (χ0n) is 12.7. The lowest BCUT2D eigenvalue weighted by Gasteiger charge is -2.32. The van der Waals surface area contributed by atoms with E-state index in [-0.39, 0.29) is 5.52 Å². The molecule has 0 aliphatic carbocycles. The normalized spacial score (nSPS) is 20.8. The maximum atomic E-state index is 12.7. The molecule has 1 saturated heterocycles. The van der Waals surface area contributed by atoms with Gasteiger partial charge in [0.1, 0.15) is 0 Å². The molecule has 1 aliphatic heterocycles. The monoisotopic (exact) mass is 312 g/mol. The van der Waals surface area contributed by atoms with Crippen molar-refractivity contribution in [3.8, 4) is 0 Å². The molecule has 0 radical (unpaired) electrons. The Morgan fingerprint density at radius 1 is 1.09 bits per heavy atom. The molecule has 4 nitrogen and oxygen atoms in total. The Morgan fingerprint density at radius 2 is 1.68 bits per heavy atom. The van der Waals surface area contributed by atoms with Crippen LogP contribution in [0.5, 0.6) is 0 Å². The van der Waals surface area contributed by atoms with Gasteiger partial charge in [-0.05, 0) is 45.3 Å². The van der Waals surface area contributed by atoms with E-state index in [4.69, 9.17) is 9.31 Å². The minimum atomic E-state index is -4.50. The molecule has 0 bridgehead atoms. The number of alkyl halides is 3. The summed E-state index contributed by atoms with van der Waals surface area (Å²) in [6.07, 6.45) is -4.50. The molecule has 2 aromatic rings. The predicted molar refractivity (Wildman–Crippen MR) is 76.8 cm³/mol. The minimum absolute atomic E-state index is 0.236. The molecule has 118 valence electrons. The number of aromatic nitrogens is 2. The van der Waals surface area contributed by atoms with Gasteiger partial charge in [-0.15, -0.1) is 0 Å². The molecule has 1 aromatic carbocycles. The highest BCUT2D eigenvalue weighted by atomic mass is 19.4. The lowest BCUT2D eigenvalue weighted by molar-refractivity contribution is -0.144. The van der Waals surface area contributed by atoms with Gasteiger partial charge in [-0.2, -0.15) is 13.2 Å². The summed E-state index contributed by atoms with van der Waals surface area (Å²) in [5.41, 5.74) is 0.198. The number of aromatic amines is 1. The van der Waals surface area contributed by atoms with Crippen LogP contribution in [0.15, 0.2) is 18.2 Å². The van der Waals surface area contributed by atoms with Gasteiger partial charge in [-0.1, -0.05) is 6.07 Å². The molecule has 0 spiro atoms. The number of halogens is 3. The van der Waals surface area contributed by atoms with Crippen molar-refractivity contribution in [3.63, 3.8) is 0 Å². The minimum Gasteiger partial charge on any atom is -0.399 e. The Bertz CT molecular complexity index is 708. The first-order chi connectivity index (χ1) is 9.99. The summed E-state index contributed by atoms with van der Waals surface area (Å²) in [6.45, 7) is 7.67. The molecule has 0 saturated carbocycles. The van der Waals surface area contributed by atoms with E-state index in [1.807, 2.05) is 27.7 Å². The molecule has 0 unspecified atom stereocenters. The molecule has 1 fully saturated rings. The van der Waals surface area contributed by atoms with Gasteiger partial charge in [0.15, 0.2) is 0 Å². The van der Waals surface area contributed by atoms with Crippen LogP contribution in [0.4, 0.5) is 13.2 Å². The van der Waals surface area contributed by atoms with Crippen molar-refractivity contribution in [3.05, 3.63) is 24.0 Å². The smallest absolute Gasteiger partial charge is 0.399 e. The zero-order valence-corrected chi connectivity index (χ0v) is 12.7. The molecule has 3 rings (SSSR count). The van der Waals surface area contributed by atoms with Crippen molar-refractivity contribution in [1.82, 2.24) is 9.97 Å². The number of hydrogen-bond acceptors (Lipinski definition) is 3. The van der Waals surface area contributed by atoms with E-state index in [2.05, 4.69) is 9.97 Å². The van der Waals surface area contributed by atoms with Crippen molar-refractivity contribution < 1.29 is 22.5 Å². The van der Waals surface area contributed by atoms with Crippen molar-refractivity contribution in [1.29, 1.82) is 0 Å². The molecule has 1 aromatic heterocycles. The second-order valence-corrected chi connectivity index (χ2v) is 6.45. The van der Waals surface area contributed by atoms with Crippen molar-refractivity contribution in [2.45, 2.75) is 45.1 Å². The Hall–Kier alpha value is -1.54. The quantitative estimate of drug-likeness (QED) is 0.824. The second-order valence-electron chi connectivity index (χ2n) is 6.45. The van der Waals surface area contributed by atoms with Crippen LogP contribution < -0.4 is 5.46 Å². The molecule has 22 heavy (non-hydrogen) atoms. The van der Waals surface area contributed by atoms with Crippen molar-refractivity contribution >= 4 is 23.6 Å². The first kappa shape index (κ1) is 15.4. The molecule has 1 N–H and O–H groups in total. The fourth-order valence-corrected chi connectivity index (χ4v) is 2.28. The van der Waals surface area contributed by atoms with E-state index < -0.39 is 30.3 Å². The number of rotatable bonds is 1. The number of fused-ring (bicyclic) bond motifs is 1. The van der Waals surface area contributed by atoms with E-state index in [0.29, 0.717) is 11.0 Å². The van der Waals surface area contributed by atoms with Crippen LogP contribution in [0.2, 0.25) is 0 Å². The molecule has 1 aliphatic rings. The summed E-state index contributed by atoms with van der Waals surface area (Å²) >= 11 is 0. The summed E-state index contributed by atoms with van der Waals surface area (Å²) in [5, 5.41) is 0. The summed E-state index contributed by atoms with van der Waals surface area (Å²) in [5.74, 6) is -1.01. The Labute approximate surface area is 126 Å². The molecule has 0 atom stereocenters. The number of H-pyrrole nitrogens is 1. The van der Waals surface area contributed by atoms with Gasteiger partial charge in [0.25, 0.3) is 0 Å². The van der Waals surface area contributed by atoms with Crippen LogP contribution in [0.3, 0.4) is 0 Å². The average Bonchev–Trinajstić information content (AvgIpc) is 2.87. The van der Waals surface area contributed by atoms with Gasteiger partial charge in [0.05, 0.1) is 22.2 Å². The predicted octanol–water partition coefficient (Wildman–Crippen LogP) is 2.88. The topological polar surface area (TPSA) is 47.1 Å². The Balaban J connectivity index is 1.97. The van der Waals surface area contributed by atoms with Crippen LogP contribution in [0.25, 0.3) is 11.0 Å². The highest BCUT2D eigenvalue weighted by Crippen LogP contribution is 2.36. The van der Waals surface area contributed by atoms with E-state index in [9.17, 15) is 13.2 Å². The first-order valence-electron chi connectivity index (χ1n) is 6.92. The van der Waals surface area contributed by atoms with Gasteiger partial charge in [-0.3, -0.25) is 0 Å². The van der Waals surface area contributed by atoms with Crippen molar-refractivity contribution in [2.75, 3.05) is 0 Å². The van der Waals surface area contributed by atoms with Gasteiger partial charge in [0, 0.05) is 0 Å². The Morgan fingerprint density at radius 3 is 2.23 bits per heavy atom. The van der Waals surface area contributed by atoms with E-state index in [1.165, 1.54) is 0 Å². The van der Waals surface area contributed by atoms with Gasteiger partial charge >= 0.3 is 13.3 Å². The largest absolute Gasteiger partial charge is 0.494 e. The molecule has 0 amide bonds. The summed E-state index contributed by atoms with van der Waals surface area (Å²) in [7, 11) is -0.625. The molecular formula is C14H16BF3N2O2. The van der Waals surface area contributed by atoms with Crippen LogP contribution in [-0.2, 0) is 15.5 Å². The maximum absolute atomic E-state index is 12.7. The zero-order chi connectivity index (χ0) is 16.3. The summed E-state index contributed by atoms with van der Waals surface area (Å²) < 4.78 is 49.8. The van der Waals surface area contributed by atoms with Gasteiger partial charge < -0.3 is 14.3 Å². The van der Waals surface area contributed by atoms with E-state index in [1.54, 1.807) is 18.2 Å². The number of imidazole rings is 1. The van der Waals surface area contributed by atoms with Gasteiger partial charge in [-0.25, -0.2) is 4.98 Å². The first-order valence-corrected chi connectivity index (χ1v) is 6.92. The number of hydrogen-bond donors (Lipinski definition) is 1. The third-order valence-electron chi connectivity index (χ3n) is 4.30. The number of nitrogens with zero attached hydrogens (tertiary/aromatic N) is 1. The summed E-state index contributed by atoms with van der Waals surface area (Å²) in [4.78, 5) is 5.87. The third-order valence-corrected chi connectivity index (χ3v) is 4.30. The highest BCUT2D eigenvalue weighted by Gasteiger charge is 2.51. The average molecular weight is 312 g/mol. The second kappa shape index (κ2) is 4.49. The number of nitrogens with one attached hydrogen (secondary N) is 1. The van der Waals surface area contributed by atoms with E-state index in [0.717, 1.165) is 0 Å². The fourth-order valence-electron chi connectivity index (χ4n) is 2.28. The Kier molecular flexibility index (Phi) is 3.13. The maximum Gasteiger partial charge on any atom is 0.494 e. The molecule has 2 heterocycles. The van der Waals surface area contributed by atoms with Crippen LogP contribution >= 0.6 is 0 Å². The standard InChI is InChI=1S/C14H16BF3N2O2/c1-12(2)13(3,4)22-15(21-12)8-5-6-9-10(7-8)20-11(19-9)14(16,17)18/h5-7H,1-4H3,(H,19,20). The number of benzene rings is 1.